The Labute approximate surface area is 170 Å². The summed E-state index contributed by atoms with van der Waals surface area (Å²) in [5.41, 5.74) is 6.33. The summed E-state index contributed by atoms with van der Waals surface area (Å²) in [6, 6.07) is 12.6. The van der Waals surface area contributed by atoms with Crippen LogP contribution in [0.25, 0.3) is 0 Å². The largest absolute Gasteiger partial charge is 0.280 e. The maximum atomic E-state index is 12.5. The number of aryl methyl sites for hydroxylation is 1. The van der Waals surface area contributed by atoms with Crippen LogP contribution in [0.15, 0.2) is 53.4 Å². The molecule has 0 radical (unpaired) electrons. The first kappa shape index (κ1) is 20.9. The zero-order chi connectivity index (χ0) is 20.9. The van der Waals surface area contributed by atoms with Crippen LogP contribution in [0.3, 0.4) is 0 Å². The van der Waals surface area contributed by atoms with Gasteiger partial charge in [0.15, 0.2) is 0 Å². The molecule has 29 heavy (non-hydrogen) atoms. The van der Waals surface area contributed by atoms with Gasteiger partial charge in [-0.15, -0.1) is 0 Å². The molecular weight excluding hydrogens is 390 g/mol. The first-order valence-corrected chi connectivity index (χ1v) is 11.1. The number of hydrogen-bond donors (Lipinski definition) is 3. The first-order valence-electron chi connectivity index (χ1n) is 9.65. The molecule has 0 unspecified atom stereocenters. The Morgan fingerprint density at radius 3 is 2.31 bits per heavy atom. The molecule has 2 aromatic rings. The monoisotopic (exact) mass is 415 g/mol. The predicted molar refractivity (Wildman–Crippen MR) is 111 cm³/mol. The topological polar surface area (TPSA) is 104 Å². The first-order chi connectivity index (χ1) is 13.8. The van der Waals surface area contributed by atoms with Crippen LogP contribution in [-0.2, 0) is 14.8 Å². The van der Waals surface area contributed by atoms with Crippen molar-refractivity contribution in [2.24, 2.45) is 5.92 Å². The van der Waals surface area contributed by atoms with Crippen molar-refractivity contribution in [1.82, 2.24) is 10.9 Å². The number of hydrazine groups is 1. The second-order valence-electron chi connectivity index (χ2n) is 7.28. The van der Waals surface area contributed by atoms with Gasteiger partial charge in [-0.3, -0.25) is 25.2 Å². The van der Waals surface area contributed by atoms with Crippen LogP contribution in [0.2, 0.25) is 0 Å². The van der Waals surface area contributed by atoms with Crippen molar-refractivity contribution >= 4 is 27.5 Å². The Balaban J connectivity index is 1.63. The van der Waals surface area contributed by atoms with Gasteiger partial charge >= 0.3 is 0 Å². The number of amides is 2. The fraction of sp³-hybridized carbons (Fsp3) is 0.333. The molecule has 1 aliphatic carbocycles. The lowest BCUT2D eigenvalue weighted by molar-refractivity contribution is -0.126. The zero-order valence-electron chi connectivity index (χ0n) is 16.3. The Bertz CT molecular complexity index is 981. The van der Waals surface area contributed by atoms with E-state index in [2.05, 4.69) is 15.6 Å². The van der Waals surface area contributed by atoms with Gasteiger partial charge in [-0.25, -0.2) is 8.42 Å². The van der Waals surface area contributed by atoms with E-state index in [0.717, 1.165) is 37.7 Å². The minimum absolute atomic E-state index is 0.0725. The third-order valence-corrected chi connectivity index (χ3v) is 6.38. The van der Waals surface area contributed by atoms with Crippen LogP contribution >= 0.6 is 0 Å². The van der Waals surface area contributed by atoms with E-state index < -0.39 is 15.9 Å². The molecule has 7 nitrogen and oxygen atoms in total. The van der Waals surface area contributed by atoms with Gasteiger partial charge in [0.2, 0.25) is 5.91 Å². The molecule has 0 aliphatic heterocycles. The van der Waals surface area contributed by atoms with Gasteiger partial charge in [-0.05, 0) is 50.1 Å². The molecule has 0 spiro atoms. The number of hydrogen-bond acceptors (Lipinski definition) is 4. The maximum Gasteiger partial charge on any atom is 0.269 e. The Morgan fingerprint density at radius 1 is 0.931 bits per heavy atom. The van der Waals surface area contributed by atoms with Crippen LogP contribution in [0.4, 0.5) is 5.69 Å². The normalized spacial score (nSPS) is 14.8. The summed E-state index contributed by atoms with van der Waals surface area (Å²) in [6.07, 6.45) is 4.85. The fourth-order valence-electron chi connectivity index (χ4n) is 3.31. The summed E-state index contributed by atoms with van der Waals surface area (Å²) in [7, 11) is -3.76. The van der Waals surface area contributed by atoms with E-state index in [4.69, 9.17) is 0 Å². The van der Waals surface area contributed by atoms with Crippen LogP contribution in [0.1, 0.15) is 48.0 Å². The Hall–Kier alpha value is -2.87. The molecule has 2 aromatic carbocycles. The minimum atomic E-state index is -3.76. The molecule has 0 atom stereocenters. The molecule has 3 N–H and O–H groups in total. The summed E-state index contributed by atoms with van der Waals surface area (Å²) < 4.78 is 27.5. The van der Waals surface area contributed by atoms with Gasteiger partial charge in [0.1, 0.15) is 0 Å². The van der Waals surface area contributed by atoms with Gasteiger partial charge in [0.25, 0.3) is 15.9 Å². The van der Waals surface area contributed by atoms with Gasteiger partial charge in [-0.2, -0.15) is 0 Å². The SMILES string of the molecule is Cc1ccc(S(=O)(=O)Nc2cccc(C(=O)NNC(=O)C3CCCCC3)c2)cc1. The van der Waals surface area contributed by atoms with Gasteiger partial charge in [0, 0.05) is 17.2 Å². The van der Waals surface area contributed by atoms with Crippen molar-refractivity contribution in [3.63, 3.8) is 0 Å². The third-order valence-electron chi connectivity index (χ3n) is 4.98. The number of benzene rings is 2. The number of sulfonamides is 1. The van der Waals surface area contributed by atoms with E-state index >= 15 is 0 Å². The molecule has 1 fully saturated rings. The quantitative estimate of drug-likeness (QED) is 0.653. The van der Waals surface area contributed by atoms with Crippen LogP contribution < -0.4 is 15.6 Å². The average Bonchev–Trinajstić information content (AvgIpc) is 2.72. The summed E-state index contributed by atoms with van der Waals surface area (Å²) in [5.74, 6) is -0.767. The second kappa shape index (κ2) is 9.09. The summed E-state index contributed by atoms with van der Waals surface area (Å²) in [4.78, 5) is 24.6. The number of carbonyl (C=O) groups excluding carboxylic acids is 2. The van der Waals surface area contributed by atoms with Crippen LogP contribution in [0.5, 0.6) is 0 Å². The van der Waals surface area contributed by atoms with E-state index in [1.807, 2.05) is 6.92 Å². The molecule has 1 aliphatic rings. The highest BCUT2D eigenvalue weighted by atomic mass is 32.2. The molecule has 8 heteroatoms. The van der Waals surface area contributed by atoms with Gasteiger partial charge in [-0.1, -0.05) is 43.0 Å². The van der Waals surface area contributed by atoms with Gasteiger partial charge < -0.3 is 0 Å². The standard InChI is InChI=1S/C21H25N3O4S/c1-15-10-12-19(13-11-15)29(27,28)24-18-9-5-8-17(14-18)21(26)23-22-20(25)16-6-3-2-4-7-16/h5,8-14,16,24H,2-4,6-7H2,1H3,(H,22,25)(H,23,26). The molecule has 1 saturated carbocycles. The minimum Gasteiger partial charge on any atom is -0.280 e. The maximum absolute atomic E-state index is 12.5. The van der Waals surface area contributed by atoms with E-state index in [0.29, 0.717) is 0 Å². The third kappa shape index (κ3) is 5.57. The lowest BCUT2D eigenvalue weighted by Crippen LogP contribution is -2.44. The van der Waals surface area contributed by atoms with Crippen molar-refractivity contribution in [2.75, 3.05) is 4.72 Å². The van der Waals surface area contributed by atoms with E-state index in [-0.39, 0.29) is 28.0 Å². The van der Waals surface area contributed by atoms with Crippen molar-refractivity contribution in [2.45, 2.75) is 43.9 Å². The van der Waals surface area contributed by atoms with Crippen molar-refractivity contribution in [1.29, 1.82) is 0 Å². The zero-order valence-corrected chi connectivity index (χ0v) is 17.1. The highest BCUT2D eigenvalue weighted by Gasteiger charge is 2.21. The summed E-state index contributed by atoms with van der Waals surface area (Å²) in [5, 5.41) is 0. The number of nitrogens with one attached hydrogen (secondary N) is 3. The number of anilines is 1. The molecule has 154 valence electrons. The van der Waals surface area contributed by atoms with E-state index in [9.17, 15) is 18.0 Å². The lowest BCUT2D eigenvalue weighted by atomic mass is 9.89. The van der Waals surface area contributed by atoms with Crippen molar-refractivity contribution in [3.05, 3.63) is 59.7 Å². The van der Waals surface area contributed by atoms with Crippen molar-refractivity contribution < 1.29 is 18.0 Å². The average molecular weight is 416 g/mol. The number of rotatable bonds is 5. The van der Waals surface area contributed by atoms with E-state index in [1.54, 1.807) is 30.3 Å². The molecule has 0 aromatic heterocycles. The number of carbonyl (C=O) groups is 2. The van der Waals surface area contributed by atoms with Crippen LogP contribution in [0, 0.1) is 12.8 Å². The van der Waals surface area contributed by atoms with Crippen molar-refractivity contribution in [3.8, 4) is 0 Å². The fourth-order valence-corrected chi connectivity index (χ4v) is 4.36. The Kier molecular flexibility index (Phi) is 6.53. The second-order valence-corrected chi connectivity index (χ2v) is 8.96. The highest BCUT2D eigenvalue weighted by Crippen LogP contribution is 2.23. The lowest BCUT2D eigenvalue weighted by Gasteiger charge is -2.20. The highest BCUT2D eigenvalue weighted by molar-refractivity contribution is 7.92. The molecule has 0 heterocycles. The van der Waals surface area contributed by atoms with Gasteiger partial charge in [0.05, 0.1) is 4.90 Å². The molecule has 0 saturated heterocycles. The molecule has 0 bridgehead atoms. The molecule has 3 rings (SSSR count). The van der Waals surface area contributed by atoms with Crippen LogP contribution in [-0.4, -0.2) is 20.2 Å². The Morgan fingerprint density at radius 2 is 1.62 bits per heavy atom. The predicted octanol–water partition coefficient (Wildman–Crippen LogP) is 3.14. The summed E-state index contributed by atoms with van der Waals surface area (Å²) in [6.45, 7) is 1.87. The molecule has 2 amide bonds. The van der Waals surface area contributed by atoms with E-state index in [1.165, 1.54) is 18.2 Å². The molecular formula is C21H25N3O4S. The smallest absolute Gasteiger partial charge is 0.269 e. The summed E-state index contributed by atoms with van der Waals surface area (Å²) >= 11 is 0.